The number of hydrogen-bond donors (Lipinski definition) is 2. The van der Waals surface area contributed by atoms with Crippen LogP contribution in [0.1, 0.15) is 47.2 Å². The summed E-state index contributed by atoms with van der Waals surface area (Å²) in [5.41, 5.74) is 2.54. The molecule has 198 valence electrons. The van der Waals surface area contributed by atoms with Crippen molar-refractivity contribution < 1.29 is 31.9 Å². The van der Waals surface area contributed by atoms with E-state index in [9.17, 15) is 22.8 Å². The van der Waals surface area contributed by atoms with E-state index >= 15 is 0 Å². The Bertz CT molecular complexity index is 1300. The third-order valence-electron chi connectivity index (χ3n) is 5.65. The highest BCUT2D eigenvalue weighted by atomic mass is 19.3. The molecule has 1 aromatic heterocycles. The van der Waals surface area contributed by atoms with E-state index in [2.05, 4.69) is 10.6 Å². The number of ether oxygens (including phenoxy) is 1. The van der Waals surface area contributed by atoms with Crippen LogP contribution >= 0.6 is 0 Å². The molecule has 2 N–H and O–H groups in total. The van der Waals surface area contributed by atoms with Crippen molar-refractivity contribution in [3.05, 3.63) is 64.9 Å². The number of halogens is 3. The number of amides is 2. The Balaban J connectivity index is 2.13. The lowest BCUT2D eigenvalue weighted by atomic mass is 9.98. The molecule has 3 aromatic rings. The van der Waals surface area contributed by atoms with Crippen LogP contribution in [0.15, 0.2) is 52.5 Å². The van der Waals surface area contributed by atoms with Crippen molar-refractivity contribution in [2.24, 2.45) is 5.92 Å². The number of carbonyl (C=O) groups is 2. The first-order valence-electron chi connectivity index (χ1n) is 12.0. The van der Waals surface area contributed by atoms with Gasteiger partial charge in [0.2, 0.25) is 0 Å². The normalized spacial score (nSPS) is 11.9. The molecule has 3 rings (SSSR count). The van der Waals surface area contributed by atoms with E-state index in [0.29, 0.717) is 51.1 Å². The van der Waals surface area contributed by atoms with Gasteiger partial charge in [-0.2, -0.15) is 0 Å². The van der Waals surface area contributed by atoms with Crippen LogP contribution in [0, 0.1) is 5.92 Å². The summed E-state index contributed by atoms with van der Waals surface area (Å²) < 4.78 is 50.0. The number of furan rings is 1. The van der Waals surface area contributed by atoms with Gasteiger partial charge < -0.3 is 19.8 Å². The molecule has 0 fully saturated rings. The minimum absolute atomic E-state index is 0.173. The fraction of sp³-hybridized carbons (Fsp3) is 0.357. The second kappa shape index (κ2) is 12.5. The maximum absolute atomic E-state index is 12.9. The molecule has 37 heavy (non-hydrogen) atoms. The van der Waals surface area contributed by atoms with Crippen molar-refractivity contribution in [1.29, 1.82) is 0 Å². The Kier molecular flexibility index (Phi) is 9.38. The Hall–Kier alpha value is -3.75. The number of rotatable bonds is 11. The molecule has 0 spiro atoms. The summed E-state index contributed by atoms with van der Waals surface area (Å²) in [7, 11) is 1.49. The molecule has 0 aliphatic rings. The van der Waals surface area contributed by atoms with Gasteiger partial charge in [0.25, 0.3) is 18.2 Å². The van der Waals surface area contributed by atoms with Gasteiger partial charge in [-0.25, -0.2) is 13.2 Å². The van der Waals surface area contributed by atoms with Crippen molar-refractivity contribution in [2.75, 3.05) is 26.9 Å². The molecule has 6 nitrogen and oxygen atoms in total. The first-order valence-corrected chi connectivity index (χ1v) is 12.0. The zero-order valence-electron chi connectivity index (χ0n) is 21.3. The molecule has 0 atom stereocenters. The van der Waals surface area contributed by atoms with E-state index in [4.69, 9.17) is 9.15 Å². The van der Waals surface area contributed by atoms with E-state index in [0.717, 1.165) is 0 Å². The number of hydrogen-bond acceptors (Lipinski definition) is 4. The monoisotopic (exact) mass is 516 g/mol. The van der Waals surface area contributed by atoms with Crippen LogP contribution < -0.4 is 15.4 Å². The number of allylic oxidation sites excluding steroid dienone is 2. The molecule has 0 aliphatic carbocycles. The topological polar surface area (TPSA) is 80.6 Å². The number of carbonyl (C=O) groups excluding carboxylic acids is 2. The average Bonchev–Trinajstić information content (AvgIpc) is 3.26. The van der Waals surface area contributed by atoms with E-state index < -0.39 is 19.7 Å². The van der Waals surface area contributed by atoms with Crippen molar-refractivity contribution in [1.82, 2.24) is 10.6 Å². The Morgan fingerprint density at radius 1 is 1.11 bits per heavy atom. The molecule has 0 aliphatic heterocycles. The van der Waals surface area contributed by atoms with Gasteiger partial charge in [0, 0.05) is 36.5 Å². The molecule has 2 amide bonds. The van der Waals surface area contributed by atoms with Gasteiger partial charge in [0.15, 0.2) is 0 Å². The molecule has 9 heteroatoms. The minimum Gasteiger partial charge on any atom is -0.487 e. The molecule has 0 unspecified atom stereocenters. The van der Waals surface area contributed by atoms with Crippen LogP contribution in [0.5, 0.6) is 5.75 Å². The van der Waals surface area contributed by atoms with Crippen LogP contribution in [-0.4, -0.2) is 45.1 Å². The largest absolute Gasteiger partial charge is 0.487 e. The quantitative estimate of drug-likeness (QED) is 0.309. The van der Waals surface area contributed by atoms with Gasteiger partial charge in [0.05, 0.1) is 5.56 Å². The lowest BCUT2D eigenvalue weighted by Gasteiger charge is -2.14. The highest BCUT2D eigenvalue weighted by molar-refractivity contribution is 6.08. The minimum atomic E-state index is -2.68. The predicted octanol–water partition coefficient (Wildman–Crippen LogP) is 5.95. The zero-order chi connectivity index (χ0) is 27.1. The summed E-state index contributed by atoms with van der Waals surface area (Å²) in [6.07, 6.45) is -0.807. The third kappa shape index (κ3) is 6.93. The lowest BCUT2D eigenvalue weighted by molar-refractivity contribution is 0.0821. The van der Waals surface area contributed by atoms with Crippen LogP contribution in [0.4, 0.5) is 13.2 Å². The fourth-order valence-corrected chi connectivity index (χ4v) is 3.73. The molecular formula is C28H31F3N2O4. The van der Waals surface area contributed by atoms with Gasteiger partial charge in [-0.1, -0.05) is 26.0 Å². The van der Waals surface area contributed by atoms with Crippen LogP contribution in [0.25, 0.3) is 22.1 Å². The SMILES string of the molecule is CNC(=O)c1c(CC=C(C)CF)oc2ccc(-c3cc(C(=O)NCC(C)C)ccc3OCC(F)F)cc12. The molecule has 0 saturated carbocycles. The molecular weight excluding hydrogens is 485 g/mol. The summed E-state index contributed by atoms with van der Waals surface area (Å²) in [6.45, 7) is 4.65. The van der Waals surface area contributed by atoms with Crippen molar-refractivity contribution in [2.45, 2.75) is 33.6 Å². The number of benzene rings is 2. The molecule has 0 bridgehead atoms. The first kappa shape index (κ1) is 27.8. The fourth-order valence-electron chi connectivity index (χ4n) is 3.73. The van der Waals surface area contributed by atoms with Gasteiger partial charge in [-0.3, -0.25) is 9.59 Å². The third-order valence-corrected chi connectivity index (χ3v) is 5.65. The maximum atomic E-state index is 12.9. The summed E-state index contributed by atoms with van der Waals surface area (Å²) >= 11 is 0. The predicted molar refractivity (Wildman–Crippen MR) is 137 cm³/mol. The van der Waals surface area contributed by atoms with E-state index in [1.54, 1.807) is 37.3 Å². The average molecular weight is 517 g/mol. The van der Waals surface area contributed by atoms with Crippen LogP contribution in [0.2, 0.25) is 0 Å². The molecule has 0 saturated heterocycles. The second-order valence-electron chi connectivity index (χ2n) is 9.10. The highest BCUT2D eigenvalue weighted by Crippen LogP contribution is 2.36. The van der Waals surface area contributed by atoms with Gasteiger partial charge in [-0.05, 0) is 54.3 Å². The Labute approximate surface area is 213 Å². The Morgan fingerprint density at radius 2 is 1.86 bits per heavy atom. The van der Waals surface area contributed by atoms with E-state index in [-0.39, 0.29) is 29.9 Å². The smallest absolute Gasteiger partial charge is 0.272 e. The van der Waals surface area contributed by atoms with Crippen molar-refractivity contribution in [3.8, 4) is 16.9 Å². The zero-order valence-corrected chi connectivity index (χ0v) is 21.3. The van der Waals surface area contributed by atoms with Gasteiger partial charge >= 0.3 is 0 Å². The number of alkyl halides is 3. The number of fused-ring (bicyclic) bond motifs is 1. The highest BCUT2D eigenvalue weighted by Gasteiger charge is 2.21. The van der Waals surface area contributed by atoms with E-state index in [1.165, 1.54) is 19.2 Å². The summed E-state index contributed by atoms with van der Waals surface area (Å²) in [6, 6.07) is 9.63. The first-order chi connectivity index (χ1) is 17.6. The van der Waals surface area contributed by atoms with E-state index in [1.807, 2.05) is 13.8 Å². The molecule has 0 radical (unpaired) electrons. The van der Waals surface area contributed by atoms with Gasteiger partial charge in [0.1, 0.15) is 30.4 Å². The standard InChI is InChI=1S/C28H31F3N2O4/c1-16(2)14-33-27(34)19-7-9-22(36-15-25(30)31)20(12-19)18-6-10-23-21(11-18)26(28(35)32-4)24(37-23)8-5-17(3)13-29/h5-7,9-12,16,25H,8,13-15H2,1-4H3,(H,32,35)(H,33,34). The maximum Gasteiger partial charge on any atom is 0.272 e. The van der Waals surface area contributed by atoms with Gasteiger partial charge in [-0.15, -0.1) is 0 Å². The van der Waals surface area contributed by atoms with Crippen LogP contribution in [0.3, 0.4) is 0 Å². The number of nitrogens with one attached hydrogen (secondary N) is 2. The summed E-state index contributed by atoms with van der Waals surface area (Å²) in [5.74, 6) is 0.111. The van der Waals surface area contributed by atoms with Crippen molar-refractivity contribution in [3.63, 3.8) is 0 Å². The van der Waals surface area contributed by atoms with Crippen LogP contribution in [-0.2, 0) is 6.42 Å². The second-order valence-corrected chi connectivity index (χ2v) is 9.10. The molecule has 1 heterocycles. The Morgan fingerprint density at radius 3 is 2.51 bits per heavy atom. The summed E-state index contributed by atoms with van der Waals surface area (Å²) in [4.78, 5) is 25.4. The molecule has 2 aromatic carbocycles. The summed E-state index contributed by atoms with van der Waals surface area (Å²) in [5, 5.41) is 5.93. The van der Waals surface area contributed by atoms with Crippen molar-refractivity contribution >= 4 is 22.8 Å². The lowest BCUT2D eigenvalue weighted by Crippen LogP contribution is -2.27.